The maximum absolute atomic E-state index is 12.2. The average molecular weight is 277 g/mol. The molecule has 0 aliphatic rings. The van der Waals surface area contributed by atoms with E-state index in [1.165, 1.54) is 0 Å². The van der Waals surface area contributed by atoms with E-state index in [9.17, 15) is 9.59 Å². The molecule has 4 nitrogen and oxygen atoms in total. The van der Waals surface area contributed by atoms with Crippen molar-refractivity contribution in [3.05, 3.63) is 35.9 Å². The minimum atomic E-state index is -0.827. The third-order valence-corrected chi connectivity index (χ3v) is 3.13. The maximum atomic E-state index is 12.2. The highest BCUT2D eigenvalue weighted by Crippen LogP contribution is 2.06. The summed E-state index contributed by atoms with van der Waals surface area (Å²) in [6.07, 6.45) is 1.03. The van der Waals surface area contributed by atoms with E-state index in [1.54, 1.807) is 12.1 Å². The van der Waals surface area contributed by atoms with Gasteiger partial charge in [0.05, 0.1) is 13.0 Å². The first-order valence-electron chi connectivity index (χ1n) is 7.01. The lowest BCUT2D eigenvalue weighted by atomic mass is 10.1. The molecule has 1 N–H and O–H groups in total. The fourth-order valence-corrected chi connectivity index (χ4v) is 1.88. The Morgan fingerprint density at radius 2 is 1.80 bits per heavy atom. The van der Waals surface area contributed by atoms with Crippen molar-refractivity contribution < 1.29 is 14.7 Å². The highest BCUT2D eigenvalue weighted by Gasteiger charge is 2.14. The molecule has 0 aromatic heterocycles. The third-order valence-electron chi connectivity index (χ3n) is 3.13. The number of hydrogen-bond donors (Lipinski definition) is 1. The van der Waals surface area contributed by atoms with Crippen LogP contribution in [0.25, 0.3) is 0 Å². The Morgan fingerprint density at radius 3 is 2.35 bits per heavy atom. The molecule has 0 atom stereocenters. The van der Waals surface area contributed by atoms with Gasteiger partial charge in [0.1, 0.15) is 0 Å². The molecule has 0 aliphatic carbocycles. The number of nitrogens with zero attached hydrogens (tertiary/aromatic N) is 1. The summed E-state index contributed by atoms with van der Waals surface area (Å²) >= 11 is 0. The maximum Gasteiger partial charge on any atom is 0.304 e. The van der Waals surface area contributed by atoms with E-state index in [-0.39, 0.29) is 18.7 Å². The molecule has 0 radical (unpaired) electrons. The van der Waals surface area contributed by atoms with Crippen molar-refractivity contribution in [1.82, 2.24) is 4.90 Å². The normalized spacial score (nSPS) is 11.0. The lowest BCUT2D eigenvalue weighted by Crippen LogP contribution is -2.33. The monoisotopic (exact) mass is 277 g/mol. The zero-order chi connectivity index (χ0) is 15.0. The lowest BCUT2D eigenvalue weighted by Gasteiger charge is -2.21. The first-order valence-corrected chi connectivity index (χ1v) is 7.01. The van der Waals surface area contributed by atoms with Crippen LogP contribution in [0.3, 0.4) is 0 Å². The number of hydrogen-bond acceptors (Lipinski definition) is 3. The van der Waals surface area contributed by atoms with Crippen LogP contribution in [-0.4, -0.2) is 41.4 Å². The number of benzene rings is 1. The van der Waals surface area contributed by atoms with E-state index < -0.39 is 5.97 Å². The molecule has 0 aliphatic heterocycles. The van der Waals surface area contributed by atoms with Crippen molar-refractivity contribution in [2.24, 2.45) is 5.92 Å². The lowest BCUT2D eigenvalue weighted by molar-refractivity contribution is -0.137. The van der Waals surface area contributed by atoms with Crippen LogP contribution in [0.2, 0.25) is 0 Å². The number of carboxylic acid groups (broad SMARTS) is 1. The molecule has 0 amide bonds. The van der Waals surface area contributed by atoms with Crippen LogP contribution in [0.4, 0.5) is 0 Å². The van der Waals surface area contributed by atoms with Gasteiger partial charge in [-0.25, -0.2) is 0 Å². The van der Waals surface area contributed by atoms with Crippen LogP contribution in [0.5, 0.6) is 0 Å². The summed E-state index contributed by atoms with van der Waals surface area (Å²) in [4.78, 5) is 24.8. The van der Waals surface area contributed by atoms with Gasteiger partial charge in [0, 0.05) is 12.1 Å². The number of carbonyl (C=O) groups is 2. The number of carbonyl (C=O) groups excluding carboxylic acids is 1. The number of rotatable bonds is 9. The second-order valence-corrected chi connectivity index (χ2v) is 5.39. The number of ketones is 1. The first kappa shape index (κ1) is 16.4. The van der Waals surface area contributed by atoms with Crippen LogP contribution in [0.1, 0.15) is 37.0 Å². The van der Waals surface area contributed by atoms with Gasteiger partial charge in [-0.15, -0.1) is 0 Å². The Bertz CT molecular complexity index is 429. The van der Waals surface area contributed by atoms with E-state index in [4.69, 9.17) is 5.11 Å². The Balaban J connectivity index is 2.58. The molecular weight excluding hydrogens is 254 g/mol. The zero-order valence-corrected chi connectivity index (χ0v) is 12.2. The molecule has 1 aromatic rings. The molecule has 0 bridgehead atoms. The fourth-order valence-electron chi connectivity index (χ4n) is 1.88. The van der Waals surface area contributed by atoms with Crippen molar-refractivity contribution >= 4 is 11.8 Å². The molecule has 0 saturated heterocycles. The van der Waals surface area contributed by atoms with Crippen LogP contribution >= 0.6 is 0 Å². The number of aliphatic carboxylic acids is 1. The molecule has 110 valence electrons. The third kappa shape index (κ3) is 6.48. The average Bonchev–Trinajstić information content (AvgIpc) is 2.42. The molecular formula is C16H23NO3. The summed E-state index contributed by atoms with van der Waals surface area (Å²) in [7, 11) is 0. The largest absolute Gasteiger partial charge is 0.481 e. The second kappa shape index (κ2) is 8.48. The molecule has 0 fully saturated rings. The van der Waals surface area contributed by atoms with Gasteiger partial charge in [-0.05, 0) is 18.9 Å². The molecule has 1 rings (SSSR count). The predicted molar refractivity (Wildman–Crippen MR) is 78.9 cm³/mol. The van der Waals surface area contributed by atoms with Crippen LogP contribution in [0.15, 0.2) is 30.3 Å². The van der Waals surface area contributed by atoms with Crippen molar-refractivity contribution in [3.8, 4) is 0 Å². The smallest absolute Gasteiger partial charge is 0.304 e. The van der Waals surface area contributed by atoms with E-state index in [1.807, 2.05) is 23.1 Å². The predicted octanol–water partition coefficient (Wildman–Crippen LogP) is 2.69. The van der Waals surface area contributed by atoms with Gasteiger partial charge in [0.2, 0.25) is 0 Å². The summed E-state index contributed by atoms with van der Waals surface area (Å²) < 4.78 is 0. The molecule has 20 heavy (non-hydrogen) atoms. The molecule has 0 spiro atoms. The van der Waals surface area contributed by atoms with E-state index in [2.05, 4.69) is 13.8 Å². The summed E-state index contributed by atoms with van der Waals surface area (Å²) in [5, 5.41) is 8.78. The van der Waals surface area contributed by atoms with E-state index in [0.717, 1.165) is 13.0 Å². The highest BCUT2D eigenvalue weighted by molar-refractivity contribution is 5.97. The van der Waals surface area contributed by atoms with E-state index in [0.29, 0.717) is 18.0 Å². The topological polar surface area (TPSA) is 57.6 Å². The van der Waals surface area contributed by atoms with Gasteiger partial charge in [-0.3, -0.25) is 14.5 Å². The Labute approximate surface area is 120 Å². The SMILES string of the molecule is CC(C)CCN(CCC(=O)O)CC(=O)c1ccccc1. The highest BCUT2D eigenvalue weighted by atomic mass is 16.4. The summed E-state index contributed by atoms with van der Waals surface area (Å²) in [5.41, 5.74) is 0.678. The van der Waals surface area contributed by atoms with Gasteiger partial charge >= 0.3 is 5.97 Å². The van der Waals surface area contributed by atoms with Gasteiger partial charge in [-0.1, -0.05) is 44.2 Å². The minimum Gasteiger partial charge on any atom is -0.481 e. The van der Waals surface area contributed by atoms with E-state index >= 15 is 0 Å². The minimum absolute atomic E-state index is 0.0414. The molecule has 0 unspecified atom stereocenters. The fraction of sp³-hybridized carbons (Fsp3) is 0.500. The van der Waals surface area contributed by atoms with Gasteiger partial charge in [0.15, 0.2) is 5.78 Å². The van der Waals surface area contributed by atoms with Crippen molar-refractivity contribution in [2.45, 2.75) is 26.7 Å². The van der Waals surface area contributed by atoms with Crippen molar-refractivity contribution in [2.75, 3.05) is 19.6 Å². The van der Waals surface area contributed by atoms with Gasteiger partial charge < -0.3 is 5.11 Å². The first-order chi connectivity index (χ1) is 9.49. The van der Waals surface area contributed by atoms with Gasteiger partial charge in [-0.2, -0.15) is 0 Å². The summed E-state index contributed by atoms with van der Waals surface area (Å²) in [5.74, 6) is -0.249. The Morgan fingerprint density at radius 1 is 1.15 bits per heavy atom. The Hall–Kier alpha value is -1.68. The number of Topliss-reactive ketones (excluding diaryl/α,β-unsaturated/α-hetero) is 1. The standard InChI is InChI=1S/C16H23NO3/c1-13(2)8-10-17(11-9-16(19)20)12-15(18)14-6-4-3-5-7-14/h3-7,13H,8-12H2,1-2H3,(H,19,20). The quantitative estimate of drug-likeness (QED) is 0.705. The van der Waals surface area contributed by atoms with Crippen LogP contribution in [0, 0.1) is 5.92 Å². The second-order valence-electron chi connectivity index (χ2n) is 5.39. The Kier molecular flexibility index (Phi) is 6.94. The number of carboxylic acids is 1. The molecule has 4 heteroatoms. The summed E-state index contributed by atoms with van der Waals surface area (Å²) in [6.45, 7) is 5.69. The molecule has 0 saturated carbocycles. The van der Waals surface area contributed by atoms with Crippen molar-refractivity contribution in [3.63, 3.8) is 0 Å². The molecule has 0 heterocycles. The van der Waals surface area contributed by atoms with Crippen molar-refractivity contribution in [1.29, 1.82) is 0 Å². The summed E-state index contributed by atoms with van der Waals surface area (Å²) in [6, 6.07) is 9.13. The van der Waals surface area contributed by atoms with Crippen LogP contribution < -0.4 is 0 Å². The van der Waals surface area contributed by atoms with Crippen LogP contribution in [-0.2, 0) is 4.79 Å². The zero-order valence-electron chi connectivity index (χ0n) is 12.2. The molecule has 1 aromatic carbocycles. The van der Waals surface area contributed by atoms with Gasteiger partial charge in [0.25, 0.3) is 0 Å².